The summed E-state index contributed by atoms with van der Waals surface area (Å²) < 4.78 is 2.41. The van der Waals surface area contributed by atoms with Gasteiger partial charge in [-0.25, -0.2) is 0 Å². The third kappa shape index (κ3) is 1.87. The predicted molar refractivity (Wildman–Crippen MR) is 86.5 cm³/mol. The van der Waals surface area contributed by atoms with Gasteiger partial charge in [0.2, 0.25) is 0 Å². The van der Waals surface area contributed by atoms with Gasteiger partial charge in [0.1, 0.15) is 0 Å². The van der Waals surface area contributed by atoms with Crippen molar-refractivity contribution < 1.29 is 0 Å². The molecule has 0 radical (unpaired) electrons. The second-order valence-corrected chi connectivity index (χ2v) is 6.89. The van der Waals surface area contributed by atoms with E-state index in [-0.39, 0.29) is 0 Å². The van der Waals surface area contributed by atoms with Crippen molar-refractivity contribution in [3.63, 3.8) is 0 Å². The van der Waals surface area contributed by atoms with Gasteiger partial charge in [-0.05, 0) is 19.4 Å². The van der Waals surface area contributed by atoms with Crippen molar-refractivity contribution in [2.24, 2.45) is 0 Å². The first-order valence-electron chi connectivity index (χ1n) is 7.03. The molecule has 2 heterocycles. The number of fused-ring (bicyclic) bond motifs is 3. The highest BCUT2D eigenvalue weighted by Crippen LogP contribution is 2.46. The van der Waals surface area contributed by atoms with E-state index in [0.717, 1.165) is 6.54 Å². The SMILES string of the molecule is Cc1cc(C)cc(C2Cn3cc4ccccc4c3S2)c1. The Balaban J connectivity index is 1.74. The molecule has 100 valence electrons. The summed E-state index contributed by atoms with van der Waals surface area (Å²) in [5.74, 6) is 0. The molecule has 1 nitrogen and oxygen atoms in total. The quantitative estimate of drug-likeness (QED) is 0.599. The van der Waals surface area contributed by atoms with Gasteiger partial charge in [0.25, 0.3) is 0 Å². The molecule has 0 aliphatic carbocycles. The first-order chi connectivity index (χ1) is 9.70. The van der Waals surface area contributed by atoms with Crippen LogP contribution >= 0.6 is 11.8 Å². The van der Waals surface area contributed by atoms with Gasteiger partial charge in [-0.1, -0.05) is 65.4 Å². The molecule has 0 spiro atoms. The van der Waals surface area contributed by atoms with Gasteiger partial charge in [0.05, 0.1) is 10.3 Å². The summed E-state index contributed by atoms with van der Waals surface area (Å²) in [5.41, 5.74) is 4.18. The average Bonchev–Trinajstić information content (AvgIpc) is 2.94. The Morgan fingerprint density at radius 3 is 2.60 bits per heavy atom. The minimum Gasteiger partial charge on any atom is -0.340 e. The van der Waals surface area contributed by atoms with Crippen LogP contribution in [0, 0.1) is 13.8 Å². The van der Waals surface area contributed by atoms with Crippen LogP contribution in [0.2, 0.25) is 0 Å². The number of thioether (sulfide) groups is 1. The smallest absolute Gasteiger partial charge is 0.0835 e. The van der Waals surface area contributed by atoms with Crippen molar-refractivity contribution in [1.82, 2.24) is 4.57 Å². The van der Waals surface area contributed by atoms with E-state index in [2.05, 4.69) is 67.1 Å². The molecule has 2 heteroatoms. The molecule has 1 aliphatic heterocycles. The molecule has 0 saturated carbocycles. The largest absolute Gasteiger partial charge is 0.340 e. The van der Waals surface area contributed by atoms with Crippen LogP contribution in [-0.4, -0.2) is 4.57 Å². The Hall–Kier alpha value is -1.67. The van der Waals surface area contributed by atoms with Crippen LogP contribution in [0.4, 0.5) is 0 Å². The third-order valence-corrected chi connectivity index (χ3v) is 5.36. The standard InChI is InChI=1S/C18H17NS/c1-12-7-13(2)9-15(8-12)17-11-19-10-14-5-3-4-6-16(14)18(19)20-17/h3-10,17H,11H2,1-2H3. The molecular weight excluding hydrogens is 262 g/mol. The van der Waals surface area contributed by atoms with Crippen molar-refractivity contribution in [2.45, 2.75) is 30.7 Å². The topological polar surface area (TPSA) is 4.93 Å². The second kappa shape index (κ2) is 4.42. The minimum atomic E-state index is 0.549. The second-order valence-electron chi connectivity index (χ2n) is 5.70. The van der Waals surface area contributed by atoms with Gasteiger partial charge >= 0.3 is 0 Å². The molecular formula is C18H17NS. The van der Waals surface area contributed by atoms with Crippen molar-refractivity contribution in [2.75, 3.05) is 0 Å². The zero-order valence-electron chi connectivity index (χ0n) is 11.8. The highest BCUT2D eigenvalue weighted by Gasteiger charge is 2.25. The summed E-state index contributed by atoms with van der Waals surface area (Å²) in [6.07, 6.45) is 2.29. The van der Waals surface area contributed by atoms with Crippen molar-refractivity contribution in [3.05, 3.63) is 65.4 Å². The van der Waals surface area contributed by atoms with E-state index in [9.17, 15) is 0 Å². The number of nitrogens with zero attached hydrogens (tertiary/aromatic N) is 1. The Labute approximate surface area is 123 Å². The van der Waals surface area contributed by atoms with Gasteiger partial charge in [-0.15, -0.1) is 0 Å². The molecule has 1 unspecified atom stereocenters. The zero-order chi connectivity index (χ0) is 13.7. The molecule has 0 amide bonds. The first-order valence-corrected chi connectivity index (χ1v) is 7.91. The molecule has 0 saturated heterocycles. The lowest BCUT2D eigenvalue weighted by molar-refractivity contribution is 0.679. The van der Waals surface area contributed by atoms with Gasteiger partial charge < -0.3 is 4.57 Å². The maximum absolute atomic E-state index is 2.41. The monoisotopic (exact) mass is 279 g/mol. The molecule has 2 aromatic carbocycles. The van der Waals surface area contributed by atoms with Crippen LogP contribution < -0.4 is 0 Å². The lowest BCUT2D eigenvalue weighted by atomic mass is 10.0. The van der Waals surface area contributed by atoms with Crippen LogP contribution in [0.1, 0.15) is 21.9 Å². The number of aryl methyl sites for hydroxylation is 2. The van der Waals surface area contributed by atoms with Gasteiger partial charge in [-0.3, -0.25) is 0 Å². The summed E-state index contributed by atoms with van der Waals surface area (Å²) in [6, 6.07) is 15.6. The Morgan fingerprint density at radius 2 is 1.80 bits per heavy atom. The van der Waals surface area contributed by atoms with Crippen molar-refractivity contribution >= 4 is 22.5 Å². The summed E-state index contributed by atoms with van der Waals surface area (Å²) in [5, 5.41) is 4.72. The number of aromatic nitrogens is 1. The lowest BCUT2D eigenvalue weighted by Gasteiger charge is -2.11. The van der Waals surface area contributed by atoms with Gasteiger partial charge in [0.15, 0.2) is 0 Å². The van der Waals surface area contributed by atoms with E-state index in [0.29, 0.717) is 5.25 Å². The highest BCUT2D eigenvalue weighted by molar-refractivity contribution is 7.99. The molecule has 1 aromatic heterocycles. The van der Waals surface area contributed by atoms with Crippen molar-refractivity contribution in [1.29, 1.82) is 0 Å². The molecule has 0 fully saturated rings. The summed E-state index contributed by atoms with van der Waals surface area (Å²) >= 11 is 2.01. The molecule has 1 aliphatic rings. The number of rotatable bonds is 1. The van der Waals surface area contributed by atoms with E-state index >= 15 is 0 Å². The molecule has 20 heavy (non-hydrogen) atoms. The Kier molecular flexibility index (Phi) is 2.67. The maximum Gasteiger partial charge on any atom is 0.0835 e. The summed E-state index contributed by atoms with van der Waals surface area (Å²) in [7, 11) is 0. The van der Waals surface area contributed by atoms with Crippen LogP contribution in [0.15, 0.2) is 53.7 Å². The molecule has 0 N–H and O–H groups in total. The summed E-state index contributed by atoms with van der Waals surface area (Å²) in [6.45, 7) is 5.45. The predicted octanol–water partition coefficient (Wildman–Crippen LogP) is 5.11. The molecule has 0 bridgehead atoms. The maximum atomic E-state index is 2.41. The minimum absolute atomic E-state index is 0.549. The van der Waals surface area contributed by atoms with Crippen LogP contribution in [0.3, 0.4) is 0 Å². The van der Waals surface area contributed by atoms with E-state index < -0.39 is 0 Å². The first kappa shape index (κ1) is 12.1. The average molecular weight is 279 g/mol. The van der Waals surface area contributed by atoms with E-state index in [1.54, 1.807) is 0 Å². The van der Waals surface area contributed by atoms with Gasteiger partial charge in [-0.2, -0.15) is 0 Å². The fourth-order valence-corrected chi connectivity index (χ4v) is 4.52. The normalized spacial score (nSPS) is 17.6. The highest BCUT2D eigenvalue weighted by atomic mass is 32.2. The van der Waals surface area contributed by atoms with Gasteiger partial charge in [0, 0.05) is 23.5 Å². The van der Waals surface area contributed by atoms with Crippen LogP contribution in [0.25, 0.3) is 10.8 Å². The fraction of sp³-hybridized carbons (Fsp3) is 0.222. The number of hydrogen-bond donors (Lipinski definition) is 0. The Morgan fingerprint density at radius 1 is 1.05 bits per heavy atom. The molecule has 4 rings (SSSR count). The van der Waals surface area contributed by atoms with Crippen molar-refractivity contribution in [3.8, 4) is 0 Å². The zero-order valence-corrected chi connectivity index (χ0v) is 12.6. The van der Waals surface area contributed by atoms with Crippen LogP contribution in [0.5, 0.6) is 0 Å². The van der Waals surface area contributed by atoms with Crippen LogP contribution in [-0.2, 0) is 6.54 Å². The lowest BCUT2D eigenvalue weighted by Crippen LogP contribution is -1.98. The Bertz CT molecular complexity index is 780. The summed E-state index contributed by atoms with van der Waals surface area (Å²) in [4.78, 5) is 0. The number of benzene rings is 2. The van der Waals surface area contributed by atoms with E-state index in [4.69, 9.17) is 0 Å². The van der Waals surface area contributed by atoms with E-state index in [1.165, 1.54) is 32.5 Å². The molecule has 3 aromatic rings. The van der Waals surface area contributed by atoms with E-state index in [1.807, 2.05) is 11.8 Å². The molecule has 1 atom stereocenters. The third-order valence-electron chi connectivity index (χ3n) is 3.98. The number of hydrogen-bond acceptors (Lipinski definition) is 1. The fourth-order valence-electron chi connectivity index (χ4n) is 3.17.